The van der Waals surface area contributed by atoms with Crippen LogP contribution in [0.3, 0.4) is 0 Å². The van der Waals surface area contributed by atoms with Gasteiger partial charge in [-0.15, -0.1) is 0 Å². The zero-order valence-electron chi connectivity index (χ0n) is 10.8. The molecule has 98 valence electrons. The second kappa shape index (κ2) is 5.05. The maximum Gasteiger partial charge on any atom is 0.114 e. The molecule has 1 heterocycles. The van der Waals surface area contributed by atoms with Crippen molar-refractivity contribution in [2.75, 3.05) is 5.73 Å². The maximum atomic E-state index is 8.25. The molecule has 0 aliphatic carbocycles. The van der Waals surface area contributed by atoms with Gasteiger partial charge in [0.05, 0.1) is 17.0 Å². The van der Waals surface area contributed by atoms with Crippen molar-refractivity contribution in [3.05, 3.63) is 78.3 Å². The molecule has 3 rings (SSSR count). The summed E-state index contributed by atoms with van der Waals surface area (Å²) in [7, 11) is 0. The summed E-state index contributed by atoms with van der Waals surface area (Å²) in [5.41, 5.74) is 10.3. The summed E-state index contributed by atoms with van der Waals surface area (Å²) < 4.78 is 5.04. The summed E-state index contributed by atoms with van der Waals surface area (Å²) in [6, 6.07) is 18.0. The molecule has 0 aliphatic heterocycles. The Morgan fingerprint density at radius 2 is 1.65 bits per heavy atom. The highest BCUT2D eigenvalue weighted by Gasteiger charge is 2.11. The number of hydrogen-bond acceptors (Lipinski definition) is 3. The number of rotatable bonds is 3. The third-order valence-corrected chi connectivity index (χ3v) is 3.22. The fraction of sp³-hybridized carbons (Fsp3) is 0. The molecular weight excluding hydrogens is 248 g/mol. The van der Waals surface area contributed by atoms with Crippen molar-refractivity contribution in [1.82, 2.24) is 0 Å². The number of nitrogens with two attached hydrogens (primary N) is 1. The summed E-state index contributed by atoms with van der Waals surface area (Å²) in [5.74, 6) is 0. The summed E-state index contributed by atoms with van der Waals surface area (Å²) >= 11 is 0. The van der Waals surface area contributed by atoms with E-state index in [-0.39, 0.29) is 0 Å². The zero-order chi connectivity index (χ0) is 13.9. The Bertz CT molecular complexity index is 744. The van der Waals surface area contributed by atoms with E-state index in [9.17, 15) is 0 Å². The second-order valence-electron chi connectivity index (χ2n) is 4.56. The van der Waals surface area contributed by atoms with Gasteiger partial charge < -0.3 is 10.2 Å². The number of nitrogen functional groups attached to an aromatic ring is 1. The van der Waals surface area contributed by atoms with Crippen LogP contribution >= 0.6 is 0 Å². The van der Waals surface area contributed by atoms with Crippen LogP contribution in [0.1, 0.15) is 11.1 Å². The molecule has 0 atom stereocenters. The molecule has 3 N–H and O–H groups in total. The standard InChI is InChI=1S/C17H14N2O/c18-16-11-20-10-15(16)17(19)14-8-4-7-13(9-14)12-5-2-1-3-6-12/h1-11,19H,18H2. The highest BCUT2D eigenvalue weighted by Crippen LogP contribution is 2.23. The molecular formula is C17H14N2O. The van der Waals surface area contributed by atoms with Crippen molar-refractivity contribution in [1.29, 1.82) is 5.41 Å². The lowest BCUT2D eigenvalue weighted by Crippen LogP contribution is -2.03. The molecule has 0 aliphatic rings. The Labute approximate surface area is 117 Å². The summed E-state index contributed by atoms with van der Waals surface area (Å²) in [6.45, 7) is 0. The van der Waals surface area contributed by atoms with Crippen LogP contribution in [0, 0.1) is 5.41 Å². The van der Waals surface area contributed by atoms with E-state index < -0.39 is 0 Å². The highest BCUT2D eigenvalue weighted by atomic mass is 16.3. The molecule has 3 aromatic rings. The largest absolute Gasteiger partial charge is 0.470 e. The van der Waals surface area contributed by atoms with Crippen molar-refractivity contribution in [2.45, 2.75) is 0 Å². The molecule has 0 bridgehead atoms. The van der Waals surface area contributed by atoms with Crippen LogP contribution in [0.25, 0.3) is 11.1 Å². The Morgan fingerprint density at radius 3 is 2.35 bits per heavy atom. The van der Waals surface area contributed by atoms with E-state index in [1.54, 1.807) is 0 Å². The van der Waals surface area contributed by atoms with Crippen LogP contribution in [0.4, 0.5) is 5.69 Å². The van der Waals surface area contributed by atoms with Gasteiger partial charge in [-0.05, 0) is 17.2 Å². The minimum atomic E-state index is 0.369. The van der Waals surface area contributed by atoms with Crippen LogP contribution in [-0.4, -0.2) is 5.71 Å². The number of hydrogen-bond donors (Lipinski definition) is 2. The topological polar surface area (TPSA) is 63.0 Å². The predicted octanol–water partition coefficient (Wildman–Crippen LogP) is 3.94. The molecule has 0 amide bonds. The number of benzene rings is 2. The lowest BCUT2D eigenvalue weighted by Gasteiger charge is -2.06. The van der Waals surface area contributed by atoms with E-state index >= 15 is 0 Å². The molecule has 0 saturated heterocycles. The fourth-order valence-electron chi connectivity index (χ4n) is 2.15. The minimum Gasteiger partial charge on any atom is -0.470 e. The highest BCUT2D eigenvalue weighted by molar-refractivity contribution is 6.13. The van der Waals surface area contributed by atoms with Gasteiger partial charge in [0.25, 0.3) is 0 Å². The van der Waals surface area contributed by atoms with Gasteiger partial charge in [0, 0.05) is 5.56 Å². The van der Waals surface area contributed by atoms with Crippen molar-refractivity contribution in [2.24, 2.45) is 0 Å². The number of anilines is 1. The third-order valence-electron chi connectivity index (χ3n) is 3.22. The van der Waals surface area contributed by atoms with Gasteiger partial charge in [-0.2, -0.15) is 0 Å². The Balaban J connectivity index is 2.00. The average molecular weight is 262 g/mol. The van der Waals surface area contributed by atoms with Crippen molar-refractivity contribution >= 4 is 11.4 Å². The van der Waals surface area contributed by atoms with Crippen LogP contribution in [0.2, 0.25) is 0 Å². The van der Waals surface area contributed by atoms with Crippen LogP contribution in [0.15, 0.2) is 71.5 Å². The van der Waals surface area contributed by atoms with E-state index in [2.05, 4.69) is 12.1 Å². The van der Waals surface area contributed by atoms with Gasteiger partial charge in [-0.1, -0.05) is 48.5 Å². The first-order chi connectivity index (χ1) is 9.75. The van der Waals surface area contributed by atoms with Crippen LogP contribution in [-0.2, 0) is 0 Å². The summed E-state index contributed by atoms with van der Waals surface area (Å²) in [6.07, 6.45) is 2.96. The molecule has 2 aromatic carbocycles. The Hall–Kier alpha value is -2.81. The third kappa shape index (κ3) is 2.21. The zero-order valence-corrected chi connectivity index (χ0v) is 10.8. The van der Waals surface area contributed by atoms with E-state index in [1.807, 2.05) is 42.5 Å². The van der Waals surface area contributed by atoms with Gasteiger partial charge in [-0.25, -0.2) is 0 Å². The quantitative estimate of drug-likeness (QED) is 0.702. The molecule has 3 heteroatoms. The van der Waals surface area contributed by atoms with Gasteiger partial charge in [-0.3, -0.25) is 5.41 Å². The first-order valence-corrected chi connectivity index (χ1v) is 6.32. The smallest absolute Gasteiger partial charge is 0.114 e. The Kier molecular flexibility index (Phi) is 3.09. The maximum absolute atomic E-state index is 8.25. The molecule has 1 aromatic heterocycles. The van der Waals surface area contributed by atoms with Crippen LogP contribution in [0.5, 0.6) is 0 Å². The first kappa shape index (κ1) is 12.2. The first-order valence-electron chi connectivity index (χ1n) is 6.32. The molecule has 20 heavy (non-hydrogen) atoms. The monoisotopic (exact) mass is 262 g/mol. The van der Waals surface area contributed by atoms with Crippen LogP contribution < -0.4 is 5.73 Å². The van der Waals surface area contributed by atoms with Gasteiger partial charge in [0.15, 0.2) is 0 Å². The van der Waals surface area contributed by atoms with E-state index in [0.717, 1.165) is 16.7 Å². The minimum absolute atomic E-state index is 0.369. The average Bonchev–Trinajstić information content (AvgIpc) is 2.94. The van der Waals surface area contributed by atoms with Gasteiger partial charge in [0.1, 0.15) is 12.5 Å². The SMILES string of the molecule is N=C(c1cccc(-c2ccccc2)c1)c1cocc1N. The summed E-state index contributed by atoms with van der Waals surface area (Å²) in [5, 5.41) is 8.25. The normalized spacial score (nSPS) is 10.4. The fourth-order valence-corrected chi connectivity index (χ4v) is 2.15. The molecule has 0 unspecified atom stereocenters. The van der Waals surface area contributed by atoms with Gasteiger partial charge in [0.2, 0.25) is 0 Å². The molecule has 0 radical (unpaired) electrons. The van der Waals surface area contributed by atoms with Gasteiger partial charge >= 0.3 is 0 Å². The van der Waals surface area contributed by atoms with E-state index in [1.165, 1.54) is 12.5 Å². The summed E-state index contributed by atoms with van der Waals surface area (Å²) in [4.78, 5) is 0. The van der Waals surface area contributed by atoms with Crippen molar-refractivity contribution in [3.63, 3.8) is 0 Å². The number of furan rings is 1. The molecule has 0 fully saturated rings. The predicted molar refractivity (Wildman–Crippen MR) is 80.9 cm³/mol. The van der Waals surface area contributed by atoms with E-state index in [0.29, 0.717) is 17.0 Å². The lowest BCUT2D eigenvalue weighted by atomic mass is 9.98. The molecule has 3 nitrogen and oxygen atoms in total. The Morgan fingerprint density at radius 1 is 0.900 bits per heavy atom. The van der Waals surface area contributed by atoms with Crippen molar-refractivity contribution < 1.29 is 4.42 Å². The second-order valence-corrected chi connectivity index (χ2v) is 4.56. The number of nitrogens with one attached hydrogen (secondary N) is 1. The molecule has 0 spiro atoms. The lowest BCUT2D eigenvalue weighted by molar-refractivity contribution is 0.568. The molecule has 0 saturated carbocycles. The van der Waals surface area contributed by atoms with Crippen molar-refractivity contribution in [3.8, 4) is 11.1 Å². The van der Waals surface area contributed by atoms with E-state index in [4.69, 9.17) is 15.6 Å².